The van der Waals surface area contributed by atoms with Crippen molar-refractivity contribution in [3.05, 3.63) is 0 Å². The average Bonchev–Trinajstić information content (AvgIpc) is 1.90. The van der Waals surface area contributed by atoms with Crippen molar-refractivity contribution in [2.45, 2.75) is 19.6 Å². The van der Waals surface area contributed by atoms with Crippen LogP contribution < -0.4 is 4.72 Å². The second-order valence-corrected chi connectivity index (χ2v) is 4.18. The lowest BCUT2D eigenvalue weighted by Crippen LogP contribution is -2.33. The van der Waals surface area contributed by atoms with Gasteiger partial charge < -0.3 is 4.74 Å². The van der Waals surface area contributed by atoms with Crippen LogP contribution in [0, 0.1) is 0 Å². The van der Waals surface area contributed by atoms with Gasteiger partial charge >= 0.3 is 0 Å². The highest BCUT2D eigenvalue weighted by Gasteiger charge is 2.17. The average molecular weight is 165 g/mol. The number of rotatable bonds is 0. The second kappa shape index (κ2) is 2.86. The third-order valence-electron chi connectivity index (χ3n) is 1.27. The van der Waals surface area contributed by atoms with E-state index in [9.17, 15) is 8.42 Å². The number of sulfonamides is 1. The summed E-state index contributed by atoms with van der Waals surface area (Å²) in [7, 11) is -3.04. The molecule has 0 saturated carbocycles. The van der Waals surface area contributed by atoms with Crippen LogP contribution in [0.15, 0.2) is 0 Å². The van der Waals surface area contributed by atoms with Crippen LogP contribution in [0.5, 0.6) is 0 Å². The lowest BCUT2D eigenvalue weighted by molar-refractivity contribution is 0.0647. The van der Waals surface area contributed by atoms with Crippen LogP contribution in [0.1, 0.15) is 13.3 Å². The molecule has 1 unspecified atom stereocenters. The Bertz CT molecular complexity index is 199. The first-order valence-corrected chi connectivity index (χ1v) is 4.87. The van der Waals surface area contributed by atoms with Crippen LogP contribution >= 0.6 is 0 Å². The number of hydrogen-bond acceptors (Lipinski definition) is 3. The van der Waals surface area contributed by atoms with Crippen LogP contribution in [0.25, 0.3) is 0 Å². The van der Waals surface area contributed by atoms with Crippen molar-refractivity contribution in [3.8, 4) is 0 Å². The standard InChI is InChI=1S/C5H11NO3S/c1-5-6-10(7,8)4-2-3-9-5/h5-6H,2-4H2,1H3. The molecular weight excluding hydrogens is 154 g/mol. The van der Waals surface area contributed by atoms with E-state index < -0.39 is 10.0 Å². The maximum atomic E-state index is 10.9. The normalized spacial score (nSPS) is 33.1. The quantitative estimate of drug-likeness (QED) is 0.535. The van der Waals surface area contributed by atoms with E-state index in [4.69, 9.17) is 4.74 Å². The van der Waals surface area contributed by atoms with Crippen molar-refractivity contribution in [1.82, 2.24) is 4.72 Å². The fraction of sp³-hybridized carbons (Fsp3) is 1.00. The summed E-state index contributed by atoms with van der Waals surface area (Å²) in [6.07, 6.45) is 0.215. The first-order chi connectivity index (χ1) is 4.60. The minimum absolute atomic E-state index is 0.178. The molecule has 0 aromatic rings. The second-order valence-electron chi connectivity index (χ2n) is 2.30. The number of ether oxygens (including phenoxy) is 1. The minimum atomic E-state index is -3.04. The SMILES string of the molecule is CC1NS(=O)(=O)CCCO1. The predicted octanol–water partition coefficient (Wildman–Crippen LogP) is -0.328. The molecule has 1 rings (SSSR count). The molecule has 1 aliphatic rings. The Balaban J connectivity index is 2.64. The van der Waals surface area contributed by atoms with Crippen molar-refractivity contribution >= 4 is 10.0 Å². The van der Waals surface area contributed by atoms with Crippen molar-refractivity contribution in [2.75, 3.05) is 12.4 Å². The van der Waals surface area contributed by atoms with E-state index in [0.717, 1.165) is 0 Å². The van der Waals surface area contributed by atoms with Gasteiger partial charge in [0.05, 0.1) is 5.75 Å². The minimum Gasteiger partial charge on any atom is -0.363 e. The van der Waals surface area contributed by atoms with Gasteiger partial charge in [-0.1, -0.05) is 0 Å². The Morgan fingerprint density at radius 3 is 3.00 bits per heavy atom. The third-order valence-corrected chi connectivity index (χ3v) is 2.79. The Labute approximate surface area is 60.6 Å². The van der Waals surface area contributed by atoms with Gasteiger partial charge in [0.2, 0.25) is 10.0 Å². The van der Waals surface area contributed by atoms with E-state index in [2.05, 4.69) is 4.72 Å². The van der Waals surface area contributed by atoms with Gasteiger partial charge in [0.1, 0.15) is 6.23 Å². The van der Waals surface area contributed by atoms with E-state index in [-0.39, 0.29) is 12.0 Å². The fourth-order valence-electron chi connectivity index (χ4n) is 0.855. The molecule has 4 nitrogen and oxygen atoms in total. The smallest absolute Gasteiger partial charge is 0.213 e. The molecule has 1 heterocycles. The molecule has 0 spiro atoms. The predicted molar refractivity (Wildman–Crippen MR) is 37.0 cm³/mol. The van der Waals surface area contributed by atoms with Gasteiger partial charge in [0.15, 0.2) is 0 Å². The van der Waals surface area contributed by atoms with Gasteiger partial charge in [-0.2, -0.15) is 4.72 Å². The monoisotopic (exact) mass is 165 g/mol. The molecule has 10 heavy (non-hydrogen) atoms. The summed E-state index contributed by atoms with van der Waals surface area (Å²) in [6.45, 7) is 2.20. The molecule has 0 bridgehead atoms. The molecule has 0 amide bonds. The molecule has 5 heteroatoms. The summed E-state index contributed by atoms with van der Waals surface area (Å²) < 4.78 is 29.2. The molecule has 1 saturated heterocycles. The van der Waals surface area contributed by atoms with Crippen molar-refractivity contribution < 1.29 is 13.2 Å². The van der Waals surface area contributed by atoms with Crippen LogP contribution in [-0.2, 0) is 14.8 Å². The molecule has 1 atom stereocenters. The topological polar surface area (TPSA) is 55.4 Å². The zero-order chi connectivity index (χ0) is 7.61. The Morgan fingerprint density at radius 2 is 2.30 bits per heavy atom. The largest absolute Gasteiger partial charge is 0.363 e. The van der Waals surface area contributed by atoms with E-state index in [0.29, 0.717) is 13.0 Å². The summed E-state index contributed by atoms with van der Waals surface area (Å²) in [5, 5.41) is 0. The maximum absolute atomic E-state index is 10.9. The molecule has 60 valence electrons. The molecular formula is C5H11NO3S. The van der Waals surface area contributed by atoms with Crippen LogP contribution in [0.3, 0.4) is 0 Å². The van der Waals surface area contributed by atoms with Crippen molar-refractivity contribution in [1.29, 1.82) is 0 Å². The highest BCUT2D eigenvalue weighted by atomic mass is 32.2. The first kappa shape index (κ1) is 7.97. The molecule has 0 aromatic carbocycles. The van der Waals surface area contributed by atoms with E-state index in [1.165, 1.54) is 0 Å². The number of hydrogen-bond donors (Lipinski definition) is 1. The summed E-state index contributed by atoms with van der Waals surface area (Å²) >= 11 is 0. The van der Waals surface area contributed by atoms with Crippen molar-refractivity contribution in [3.63, 3.8) is 0 Å². The first-order valence-electron chi connectivity index (χ1n) is 3.22. The Morgan fingerprint density at radius 1 is 1.60 bits per heavy atom. The van der Waals surface area contributed by atoms with Crippen LogP contribution in [0.4, 0.5) is 0 Å². The van der Waals surface area contributed by atoms with Gasteiger partial charge in [-0.25, -0.2) is 8.42 Å². The van der Waals surface area contributed by atoms with E-state index in [1.54, 1.807) is 6.92 Å². The van der Waals surface area contributed by atoms with Gasteiger partial charge in [-0.05, 0) is 13.3 Å². The van der Waals surface area contributed by atoms with Gasteiger partial charge in [0.25, 0.3) is 0 Å². The van der Waals surface area contributed by atoms with Gasteiger partial charge in [-0.15, -0.1) is 0 Å². The molecule has 1 aliphatic heterocycles. The summed E-state index contributed by atoms with van der Waals surface area (Å²) in [5.41, 5.74) is 0. The molecule has 0 aromatic heterocycles. The zero-order valence-electron chi connectivity index (χ0n) is 5.83. The summed E-state index contributed by atoms with van der Waals surface area (Å²) in [4.78, 5) is 0. The molecule has 1 fully saturated rings. The molecule has 1 N–H and O–H groups in total. The van der Waals surface area contributed by atoms with Gasteiger partial charge in [0, 0.05) is 6.61 Å². The van der Waals surface area contributed by atoms with E-state index >= 15 is 0 Å². The Kier molecular flexibility index (Phi) is 2.28. The van der Waals surface area contributed by atoms with Gasteiger partial charge in [-0.3, -0.25) is 0 Å². The third kappa shape index (κ3) is 2.24. The lowest BCUT2D eigenvalue weighted by atomic mass is 10.5. The van der Waals surface area contributed by atoms with Crippen LogP contribution in [0.2, 0.25) is 0 Å². The Hall–Kier alpha value is -0.130. The highest BCUT2D eigenvalue weighted by molar-refractivity contribution is 7.89. The lowest BCUT2D eigenvalue weighted by Gasteiger charge is -2.08. The summed E-state index contributed by atoms with van der Waals surface area (Å²) in [5.74, 6) is 0.178. The maximum Gasteiger partial charge on any atom is 0.213 e. The summed E-state index contributed by atoms with van der Waals surface area (Å²) in [6, 6.07) is 0. The fourth-order valence-corrected chi connectivity index (χ4v) is 2.04. The molecule has 0 aliphatic carbocycles. The number of nitrogens with one attached hydrogen (secondary N) is 1. The van der Waals surface area contributed by atoms with E-state index in [1.807, 2.05) is 0 Å². The zero-order valence-corrected chi connectivity index (χ0v) is 6.65. The highest BCUT2D eigenvalue weighted by Crippen LogP contribution is 2.00. The van der Waals surface area contributed by atoms with Crippen molar-refractivity contribution in [2.24, 2.45) is 0 Å². The molecule has 0 radical (unpaired) electrons. The van der Waals surface area contributed by atoms with Crippen LogP contribution in [-0.4, -0.2) is 27.0 Å².